The Morgan fingerprint density at radius 3 is 2.26 bits per heavy atom. The summed E-state index contributed by atoms with van der Waals surface area (Å²) in [7, 11) is 0. The van der Waals surface area contributed by atoms with Crippen molar-refractivity contribution in [2.45, 2.75) is 31.2 Å². The highest BCUT2D eigenvalue weighted by Crippen LogP contribution is 2.33. The zero-order valence-electron chi connectivity index (χ0n) is 25.3. The predicted molar refractivity (Wildman–Crippen MR) is 163 cm³/mol. The monoisotopic (exact) mass is 705 g/mol. The molecule has 50 heavy (non-hydrogen) atoms. The number of fused-ring (bicyclic) bond motifs is 2. The highest BCUT2D eigenvalue weighted by Gasteiger charge is 2.39. The van der Waals surface area contributed by atoms with E-state index in [1.807, 2.05) is 48.5 Å². The third-order valence-corrected chi connectivity index (χ3v) is 6.75. The first-order chi connectivity index (χ1) is 23.5. The number of amides is 1. The summed E-state index contributed by atoms with van der Waals surface area (Å²) in [4.78, 5) is 51.1. The Balaban J connectivity index is 0.000000340. The second-order valence-electron chi connectivity index (χ2n) is 10.3. The number of hydrogen-bond donors (Lipinski definition) is 5. The number of ether oxygens (including phenoxy) is 1. The number of aliphatic carboxylic acids is 2. The van der Waals surface area contributed by atoms with Gasteiger partial charge in [0.1, 0.15) is 11.6 Å². The molecule has 0 saturated carbocycles. The molecule has 0 fully saturated rings. The van der Waals surface area contributed by atoms with Gasteiger partial charge in [-0.25, -0.2) is 24.5 Å². The molecular weight excluding hydrogens is 680 g/mol. The van der Waals surface area contributed by atoms with Gasteiger partial charge in [-0.3, -0.25) is 9.78 Å². The molecule has 1 aliphatic heterocycles. The highest BCUT2D eigenvalue weighted by atomic mass is 19.4. The van der Waals surface area contributed by atoms with Crippen LogP contribution >= 0.6 is 0 Å². The van der Waals surface area contributed by atoms with Crippen LogP contribution in [0.15, 0.2) is 73.2 Å². The summed E-state index contributed by atoms with van der Waals surface area (Å²) in [5.74, 6) is -3.72. The minimum Gasteiger partial charge on any atom is -0.493 e. The molecule has 0 saturated heterocycles. The lowest BCUT2D eigenvalue weighted by atomic mass is 9.94. The number of H-pyrrole nitrogens is 1. The molecule has 1 unspecified atom stereocenters. The lowest BCUT2D eigenvalue weighted by molar-refractivity contribution is -0.193. The van der Waals surface area contributed by atoms with E-state index < -0.39 is 24.3 Å². The number of nitrogen functional groups attached to an aromatic ring is 1. The SMILES string of the molecule is Nc1nccc(-c2ccc3nc(C4COc5ccc(C(=O)NCc6cccnc6)cc5C4)[nH]c3c2)n1.O=C(O)C(F)(F)F.O=C(O)C(F)(F)F. The fourth-order valence-electron chi connectivity index (χ4n) is 4.42. The third-order valence-electron chi connectivity index (χ3n) is 6.75. The molecule has 1 amide bonds. The van der Waals surface area contributed by atoms with Gasteiger partial charge in [0.15, 0.2) is 0 Å². The maximum absolute atomic E-state index is 12.7. The summed E-state index contributed by atoms with van der Waals surface area (Å²) in [5, 5.41) is 17.2. The van der Waals surface area contributed by atoms with Crippen LogP contribution < -0.4 is 15.8 Å². The van der Waals surface area contributed by atoms with Gasteiger partial charge in [0.2, 0.25) is 5.95 Å². The number of aromatic nitrogens is 5. The van der Waals surface area contributed by atoms with Crippen LogP contribution in [0.3, 0.4) is 0 Å². The second-order valence-corrected chi connectivity index (χ2v) is 10.3. The highest BCUT2D eigenvalue weighted by molar-refractivity contribution is 5.94. The number of halogens is 6. The molecule has 5 aromatic rings. The van der Waals surface area contributed by atoms with Crippen molar-refractivity contribution in [1.82, 2.24) is 30.2 Å². The second kappa shape index (κ2) is 15.3. The van der Waals surface area contributed by atoms with Crippen molar-refractivity contribution in [3.8, 4) is 17.0 Å². The van der Waals surface area contributed by atoms with Gasteiger partial charge in [-0.1, -0.05) is 12.1 Å². The van der Waals surface area contributed by atoms with Crippen molar-refractivity contribution >= 4 is 34.8 Å². The zero-order chi connectivity index (χ0) is 36.6. The van der Waals surface area contributed by atoms with Crippen molar-refractivity contribution in [2.75, 3.05) is 12.3 Å². The average Bonchev–Trinajstić information content (AvgIpc) is 3.51. The topological polar surface area (TPSA) is 206 Å². The Bertz CT molecular complexity index is 1960. The first-order valence-corrected chi connectivity index (χ1v) is 14.1. The summed E-state index contributed by atoms with van der Waals surface area (Å²) in [6.45, 7) is 0.931. The van der Waals surface area contributed by atoms with E-state index in [1.54, 1.807) is 24.7 Å². The Morgan fingerprint density at radius 1 is 0.940 bits per heavy atom. The van der Waals surface area contributed by atoms with Crippen molar-refractivity contribution in [3.63, 3.8) is 0 Å². The van der Waals surface area contributed by atoms with Crippen molar-refractivity contribution in [1.29, 1.82) is 0 Å². The lowest BCUT2D eigenvalue weighted by Crippen LogP contribution is -2.24. The number of carbonyl (C=O) groups is 3. The number of nitrogens with zero attached hydrogens (tertiary/aromatic N) is 4. The maximum atomic E-state index is 12.7. The van der Waals surface area contributed by atoms with Crippen molar-refractivity contribution in [3.05, 3.63) is 95.7 Å². The average molecular weight is 706 g/mol. The number of nitrogens with two attached hydrogens (primary N) is 1. The summed E-state index contributed by atoms with van der Waals surface area (Å²) in [5.41, 5.74) is 11.7. The number of hydrogen-bond acceptors (Lipinski definition) is 9. The summed E-state index contributed by atoms with van der Waals surface area (Å²) in [6, 6.07) is 17.1. The number of carboxylic acids is 2. The summed E-state index contributed by atoms with van der Waals surface area (Å²) in [6.07, 6.45) is -4.36. The van der Waals surface area contributed by atoms with Crippen LogP contribution in [0.1, 0.15) is 33.2 Å². The lowest BCUT2D eigenvalue weighted by Gasteiger charge is -2.24. The van der Waals surface area contributed by atoms with Crippen LogP contribution in [0.2, 0.25) is 0 Å². The van der Waals surface area contributed by atoms with Crippen LogP contribution in [-0.4, -0.2) is 71.9 Å². The van der Waals surface area contributed by atoms with Crippen molar-refractivity contribution < 1.29 is 55.7 Å². The molecule has 6 rings (SSSR count). The zero-order valence-corrected chi connectivity index (χ0v) is 25.3. The van der Waals surface area contributed by atoms with Gasteiger partial charge in [-0.05, 0) is 60.0 Å². The van der Waals surface area contributed by atoms with Crippen LogP contribution in [0, 0.1) is 0 Å². The first-order valence-electron chi connectivity index (χ1n) is 14.1. The van der Waals surface area contributed by atoms with Gasteiger partial charge in [0.05, 0.1) is 29.3 Å². The van der Waals surface area contributed by atoms with E-state index in [-0.39, 0.29) is 17.8 Å². The summed E-state index contributed by atoms with van der Waals surface area (Å²) >= 11 is 0. The predicted octanol–water partition coefficient (Wildman–Crippen LogP) is 4.91. The standard InChI is InChI=1S/C27H23N7O2.2C2HF3O2/c28-27-30-9-7-21(34-27)17-3-5-22-23(12-17)33-25(32-22)20-11-19-10-18(4-6-24(19)36-15-20)26(35)31-14-16-2-1-8-29-13-16;2*3-2(4,5)1(6)7/h1-10,12-13,20H,11,14-15H2,(H,31,35)(H,32,33)(H2,28,30,34);2*(H,6,7). The number of rotatable bonds is 5. The largest absolute Gasteiger partial charge is 0.493 e. The van der Waals surface area contributed by atoms with Crippen molar-refractivity contribution in [2.24, 2.45) is 0 Å². The molecule has 3 aromatic heterocycles. The number of carbonyl (C=O) groups excluding carboxylic acids is 1. The molecule has 19 heteroatoms. The molecule has 0 radical (unpaired) electrons. The van der Waals surface area contributed by atoms with E-state index in [0.29, 0.717) is 25.1 Å². The van der Waals surface area contributed by atoms with Gasteiger partial charge in [0, 0.05) is 36.3 Å². The summed E-state index contributed by atoms with van der Waals surface area (Å²) < 4.78 is 69.5. The van der Waals surface area contributed by atoms with Gasteiger partial charge in [-0.2, -0.15) is 26.3 Å². The minimum absolute atomic E-state index is 0.0387. The fraction of sp³-hybridized carbons (Fsp3) is 0.194. The number of imidazole rings is 1. The van der Waals surface area contributed by atoms with Crippen LogP contribution in [-0.2, 0) is 22.6 Å². The van der Waals surface area contributed by atoms with E-state index in [0.717, 1.165) is 45.0 Å². The normalized spacial score (nSPS) is 13.8. The van der Waals surface area contributed by atoms with E-state index >= 15 is 0 Å². The molecule has 2 aromatic carbocycles. The number of alkyl halides is 6. The van der Waals surface area contributed by atoms with Crippen LogP contribution in [0.25, 0.3) is 22.3 Å². The van der Waals surface area contributed by atoms with Gasteiger partial charge in [-0.15, -0.1) is 0 Å². The number of carboxylic acid groups (broad SMARTS) is 2. The molecule has 1 aliphatic rings. The Hall–Kier alpha value is -6.27. The molecule has 0 bridgehead atoms. The minimum atomic E-state index is -5.08. The molecule has 262 valence electrons. The first kappa shape index (κ1) is 36.6. The molecule has 4 heterocycles. The number of nitrogens with one attached hydrogen (secondary N) is 2. The molecule has 0 aliphatic carbocycles. The number of anilines is 1. The Kier molecular flexibility index (Phi) is 11.2. The molecular formula is C31H25F6N7O6. The van der Waals surface area contributed by atoms with E-state index in [2.05, 4.69) is 25.3 Å². The molecule has 0 spiro atoms. The number of pyridine rings is 1. The fourth-order valence-corrected chi connectivity index (χ4v) is 4.42. The van der Waals surface area contributed by atoms with Gasteiger partial charge >= 0.3 is 24.3 Å². The van der Waals surface area contributed by atoms with Crippen LogP contribution in [0.5, 0.6) is 5.75 Å². The smallest absolute Gasteiger partial charge is 0.490 e. The quantitative estimate of drug-likeness (QED) is 0.155. The Morgan fingerprint density at radius 2 is 1.64 bits per heavy atom. The number of benzene rings is 2. The van der Waals surface area contributed by atoms with E-state index in [1.165, 1.54) is 0 Å². The molecule has 13 nitrogen and oxygen atoms in total. The van der Waals surface area contributed by atoms with Crippen LogP contribution in [0.4, 0.5) is 32.3 Å². The molecule has 1 atom stereocenters. The third kappa shape index (κ3) is 9.87. The van der Waals surface area contributed by atoms with Gasteiger partial charge in [0.25, 0.3) is 5.91 Å². The number of aromatic amines is 1. The Labute approximate surface area is 277 Å². The van der Waals surface area contributed by atoms with E-state index in [4.69, 9.17) is 35.3 Å². The maximum Gasteiger partial charge on any atom is 0.490 e. The van der Waals surface area contributed by atoms with E-state index in [9.17, 15) is 31.1 Å². The van der Waals surface area contributed by atoms with Gasteiger partial charge < -0.3 is 31.0 Å². The molecule has 6 N–H and O–H groups in total.